The van der Waals surface area contributed by atoms with E-state index in [0.717, 1.165) is 6.42 Å². The van der Waals surface area contributed by atoms with Gasteiger partial charge in [0.1, 0.15) is 0 Å². The van der Waals surface area contributed by atoms with E-state index in [1.54, 1.807) is 0 Å². The van der Waals surface area contributed by atoms with E-state index in [4.69, 9.17) is 0 Å². The van der Waals surface area contributed by atoms with Gasteiger partial charge in [-0.3, -0.25) is 0 Å². The smallest absolute Gasteiger partial charge is 0.0141 e. The Balaban J connectivity index is 4.09. The topological polar surface area (TPSA) is 0 Å². The summed E-state index contributed by atoms with van der Waals surface area (Å²) in [6, 6.07) is 0. The lowest BCUT2D eigenvalue weighted by molar-refractivity contribution is 1.22. The minimum Gasteiger partial charge on any atom is -0.103 e. The van der Waals surface area contributed by atoms with E-state index in [9.17, 15) is 0 Å². The lowest BCUT2D eigenvalue weighted by Crippen LogP contribution is -1.71. The fourth-order valence-electron chi connectivity index (χ4n) is 0.637. The molecule has 0 N–H and O–H groups in total. The van der Waals surface area contributed by atoms with Crippen molar-refractivity contribution < 1.29 is 0 Å². The largest absolute Gasteiger partial charge is 0.103 e. The summed E-state index contributed by atoms with van der Waals surface area (Å²) in [6.45, 7) is 11.5. The van der Waals surface area contributed by atoms with Gasteiger partial charge in [0.15, 0.2) is 0 Å². The summed E-state index contributed by atoms with van der Waals surface area (Å²) in [5.41, 5.74) is 2.51. The minimum absolute atomic E-state index is 0.959. The van der Waals surface area contributed by atoms with E-state index in [2.05, 4.69) is 32.2 Å². The molecule has 11 heavy (non-hydrogen) atoms. The summed E-state index contributed by atoms with van der Waals surface area (Å²) in [5.74, 6) is 0. The number of hydrogen-bond donors (Lipinski definition) is 0. The molecule has 0 radical (unpaired) electrons. The second-order valence-corrected chi connectivity index (χ2v) is 2.62. The first-order valence-electron chi connectivity index (χ1n) is 3.78. The monoisotopic (exact) mass is 148 g/mol. The van der Waals surface area contributed by atoms with Crippen LogP contribution < -0.4 is 0 Å². The molecule has 0 aromatic carbocycles. The fraction of sp³-hybridized carbons (Fsp3) is 0.273. The van der Waals surface area contributed by atoms with E-state index in [0.29, 0.717) is 0 Å². The first-order chi connectivity index (χ1) is 5.20. The Hall–Kier alpha value is -1.04. The third-order valence-electron chi connectivity index (χ3n) is 1.42. The van der Waals surface area contributed by atoms with Gasteiger partial charge in [-0.2, -0.15) is 0 Å². The molecule has 0 aliphatic carbocycles. The van der Waals surface area contributed by atoms with Crippen molar-refractivity contribution in [3.05, 3.63) is 48.6 Å². The Kier molecular flexibility index (Phi) is 5.18. The van der Waals surface area contributed by atoms with Gasteiger partial charge >= 0.3 is 0 Å². The van der Waals surface area contributed by atoms with Crippen LogP contribution in [0.2, 0.25) is 0 Å². The molecular weight excluding hydrogens is 132 g/mol. The van der Waals surface area contributed by atoms with Crippen LogP contribution in [-0.2, 0) is 0 Å². The fourth-order valence-corrected chi connectivity index (χ4v) is 0.637. The predicted octanol–water partition coefficient (Wildman–Crippen LogP) is 3.64. The van der Waals surface area contributed by atoms with Crippen LogP contribution in [0, 0.1) is 0 Å². The van der Waals surface area contributed by atoms with E-state index >= 15 is 0 Å². The molecular formula is C11H16. The van der Waals surface area contributed by atoms with Gasteiger partial charge in [-0.15, -0.1) is 6.58 Å². The van der Waals surface area contributed by atoms with Gasteiger partial charge in [0.2, 0.25) is 0 Å². The van der Waals surface area contributed by atoms with Crippen molar-refractivity contribution >= 4 is 0 Å². The normalized spacial score (nSPS) is 12.9. The number of rotatable bonds is 4. The molecule has 0 atom stereocenters. The van der Waals surface area contributed by atoms with Crippen LogP contribution in [0.5, 0.6) is 0 Å². The molecule has 60 valence electrons. The highest BCUT2D eigenvalue weighted by molar-refractivity contribution is 5.22. The minimum atomic E-state index is 0.959. The van der Waals surface area contributed by atoms with Gasteiger partial charge in [-0.1, -0.05) is 42.0 Å². The lowest BCUT2D eigenvalue weighted by atomic mass is 10.2. The maximum atomic E-state index is 3.67. The predicted molar refractivity (Wildman–Crippen MR) is 52.5 cm³/mol. The van der Waals surface area contributed by atoms with Crippen molar-refractivity contribution in [3.63, 3.8) is 0 Å². The Morgan fingerprint density at radius 2 is 1.82 bits per heavy atom. The van der Waals surface area contributed by atoms with Crippen LogP contribution in [0.25, 0.3) is 0 Å². The molecule has 0 unspecified atom stereocenters. The van der Waals surface area contributed by atoms with Crippen molar-refractivity contribution in [2.75, 3.05) is 0 Å². The van der Waals surface area contributed by atoms with Crippen molar-refractivity contribution in [3.8, 4) is 0 Å². The first-order valence-corrected chi connectivity index (χ1v) is 3.78. The van der Waals surface area contributed by atoms with E-state index < -0.39 is 0 Å². The molecule has 0 fully saturated rings. The number of hydrogen-bond acceptors (Lipinski definition) is 0. The lowest BCUT2D eigenvalue weighted by Gasteiger charge is -1.91. The van der Waals surface area contributed by atoms with E-state index in [1.165, 1.54) is 11.1 Å². The second kappa shape index (κ2) is 5.72. The summed E-state index contributed by atoms with van der Waals surface area (Å²) in [5, 5.41) is 0. The third-order valence-corrected chi connectivity index (χ3v) is 1.42. The highest BCUT2D eigenvalue weighted by atomic mass is 13.9. The Morgan fingerprint density at radius 3 is 2.27 bits per heavy atom. The van der Waals surface area contributed by atoms with Gasteiger partial charge in [0, 0.05) is 0 Å². The zero-order chi connectivity index (χ0) is 8.69. The molecule has 0 aliphatic heterocycles. The molecule has 0 aromatic rings. The summed E-state index contributed by atoms with van der Waals surface area (Å²) < 4.78 is 0. The Morgan fingerprint density at radius 1 is 1.18 bits per heavy atom. The number of allylic oxidation sites excluding steroid dienone is 6. The second-order valence-electron chi connectivity index (χ2n) is 2.62. The Bertz CT molecular complexity index is 192. The molecule has 0 bridgehead atoms. The quantitative estimate of drug-likeness (QED) is 0.422. The standard InChI is InChI=1S/C11H16/c1-5-7-11(4)9-8-10(3)6-2/h5-6,8-9H,1-2,7H2,3-4H3. The molecule has 0 saturated carbocycles. The zero-order valence-electron chi connectivity index (χ0n) is 7.43. The molecule has 0 saturated heterocycles. The van der Waals surface area contributed by atoms with Gasteiger partial charge < -0.3 is 0 Å². The zero-order valence-corrected chi connectivity index (χ0v) is 7.43. The Labute approximate surface area is 69.6 Å². The maximum absolute atomic E-state index is 3.67. The van der Waals surface area contributed by atoms with Gasteiger partial charge in [-0.25, -0.2) is 0 Å². The average Bonchev–Trinajstić information content (AvgIpc) is 2.01. The highest BCUT2D eigenvalue weighted by Gasteiger charge is 1.81. The van der Waals surface area contributed by atoms with Crippen LogP contribution in [0.4, 0.5) is 0 Å². The van der Waals surface area contributed by atoms with E-state index in [1.807, 2.05) is 19.1 Å². The summed E-state index contributed by atoms with van der Waals surface area (Å²) in [6.07, 6.45) is 8.87. The first kappa shape index (κ1) is 9.96. The molecule has 0 aromatic heterocycles. The van der Waals surface area contributed by atoms with Gasteiger partial charge in [0.25, 0.3) is 0 Å². The molecule has 0 spiro atoms. The molecule has 0 heteroatoms. The average molecular weight is 148 g/mol. The van der Waals surface area contributed by atoms with Crippen LogP contribution in [0.3, 0.4) is 0 Å². The van der Waals surface area contributed by atoms with Crippen LogP contribution >= 0.6 is 0 Å². The van der Waals surface area contributed by atoms with Crippen molar-refractivity contribution in [1.29, 1.82) is 0 Å². The van der Waals surface area contributed by atoms with Gasteiger partial charge in [0.05, 0.1) is 0 Å². The van der Waals surface area contributed by atoms with Crippen molar-refractivity contribution in [1.82, 2.24) is 0 Å². The summed E-state index contributed by atoms with van der Waals surface area (Å²) in [7, 11) is 0. The van der Waals surface area contributed by atoms with Crippen LogP contribution in [-0.4, -0.2) is 0 Å². The van der Waals surface area contributed by atoms with Crippen molar-refractivity contribution in [2.24, 2.45) is 0 Å². The summed E-state index contributed by atoms with van der Waals surface area (Å²) in [4.78, 5) is 0. The SMILES string of the molecule is C=CCC(C)=CC=C(C)C=C. The molecule has 0 heterocycles. The highest BCUT2D eigenvalue weighted by Crippen LogP contribution is 2.02. The molecule has 0 aliphatic rings. The molecule has 0 amide bonds. The third kappa shape index (κ3) is 5.41. The molecule has 0 rings (SSSR count). The van der Waals surface area contributed by atoms with Crippen LogP contribution in [0.15, 0.2) is 48.6 Å². The summed E-state index contributed by atoms with van der Waals surface area (Å²) >= 11 is 0. The molecule has 0 nitrogen and oxygen atoms in total. The van der Waals surface area contributed by atoms with Crippen molar-refractivity contribution in [2.45, 2.75) is 20.3 Å². The van der Waals surface area contributed by atoms with Gasteiger partial charge in [-0.05, 0) is 20.3 Å². The van der Waals surface area contributed by atoms with Crippen LogP contribution in [0.1, 0.15) is 20.3 Å². The maximum Gasteiger partial charge on any atom is -0.0141 e. The van der Waals surface area contributed by atoms with E-state index in [-0.39, 0.29) is 0 Å².